The Morgan fingerprint density at radius 3 is 2.84 bits per heavy atom. The molecule has 0 aliphatic carbocycles. The maximum absolute atomic E-state index is 12.7. The first-order valence-corrected chi connectivity index (χ1v) is 9.55. The van der Waals surface area contributed by atoms with Crippen LogP contribution in [0.1, 0.15) is 37.8 Å². The van der Waals surface area contributed by atoms with E-state index >= 15 is 0 Å². The number of amides is 1. The maximum atomic E-state index is 12.7. The van der Waals surface area contributed by atoms with Crippen molar-refractivity contribution < 1.29 is 9.53 Å². The number of carbonyl (C=O) groups is 1. The minimum atomic E-state index is 0.199. The summed E-state index contributed by atoms with van der Waals surface area (Å²) >= 11 is 0. The van der Waals surface area contributed by atoms with Crippen LogP contribution in [0.2, 0.25) is 0 Å². The van der Waals surface area contributed by atoms with Gasteiger partial charge in [-0.2, -0.15) is 5.10 Å². The van der Waals surface area contributed by atoms with Gasteiger partial charge in [0.15, 0.2) is 0 Å². The molecule has 7 heteroatoms. The molecule has 2 aliphatic heterocycles. The van der Waals surface area contributed by atoms with Crippen molar-refractivity contribution in [3.05, 3.63) is 11.6 Å². The van der Waals surface area contributed by atoms with E-state index in [1.807, 2.05) is 23.4 Å². The van der Waals surface area contributed by atoms with Crippen LogP contribution >= 0.6 is 0 Å². The van der Waals surface area contributed by atoms with Gasteiger partial charge >= 0.3 is 0 Å². The van der Waals surface area contributed by atoms with Crippen molar-refractivity contribution in [2.45, 2.75) is 52.7 Å². The molecule has 0 saturated carbocycles. The van der Waals surface area contributed by atoms with Crippen molar-refractivity contribution in [3.63, 3.8) is 0 Å². The van der Waals surface area contributed by atoms with Gasteiger partial charge in [-0.05, 0) is 45.6 Å². The molecule has 2 atom stereocenters. The largest absolute Gasteiger partial charge is 0.375 e. The molecule has 1 aromatic rings. The number of aryl methyl sites for hydroxylation is 2. The summed E-state index contributed by atoms with van der Waals surface area (Å²) in [6.45, 7) is 11.6. The van der Waals surface area contributed by atoms with E-state index in [0.717, 1.165) is 57.2 Å². The summed E-state index contributed by atoms with van der Waals surface area (Å²) in [6, 6.07) is 0. The van der Waals surface area contributed by atoms with E-state index < -0.39 is 0 Å². The molecule has 1 amide bonds. The van der Waals surface area contributed by atoms with Gasteiger partial charge in [0, 0.05) is 26.2 Å². The standard InChI is InChI=1S/C18H31N5O2/c1-4-17-12-22(8-9-25-17)18(24)13-21-7-5-6-16(10-21)11-23-15(3)19-14(2)20-23/h16-17H,4-13H2,1-3H3/t16-,17+/m0/s1. The number of hydrogen-bond acceptors (Lipinski definition) is 5. The lowest BCUT2D eigenvalue weighted by Crippen LogP contribution is -2.50. The van der Waals surface area contributed by atoms with Crippen LogP contribution in [0.15, 0.2) is 0 Å². The third kappa shape index (κ3) is 4.79. The third-order valence-electron chi connectivity index (χ3n) is 5.30. The summed E-state index contributed by atoms with van der Waals surface area (Å²) in [5.41, 5.74) is 0. The van der Waals surface area contributed by atoms with Crippen LogP contribution < -0.4 is 0 Å². The van der Waals surface area contributed by atoms with Gasteiger partial charge in [-0.1, -0.05) is 6.92 Å². The van der Waals surface area contributed by atoms with Crippen molar-refractivity contribution in [1.82, 2.24) is 24.6 Å². The Kier molecular flexibility index (Phi) is 6.06. The molecule has 2 fully saturated rings. The molecule has 140 valence electrons. The normalized spacial score (nSPS) is 25.3. The van der Waals surface area contributed by atoms with E-state index in [9.17, 15) is 4.79 Å². The van der Waals surface area contributed by atoms with Gasteiger partial charge in [0.05, 0.1) is 19.3 Å². The lowest BCUT2D eigenvalue weighted by atomic mass is 9.98. The van der Waals surface area contributed by atoms with Gasteiger partial charge in [-0.15, -0.1) is 0 Å². The Bertz CT molecular complexity index is 588. The second-order valence-electron chi connectivity index (χ2n) is 7.37. The van der Waals surface area contributed by atoms with Crippen molar-refractivity contribution in [2.75, 3.05) is 39.3 Å². The van der Waals surface area contributed by atoms with E-state index in [1.165, 1.54) is 6.42 Å². The highest BCUT2D eigenvalue weighted by molar-refractivity contribution is 5.78. The zero-order valence-corrected chi connectivity index (χ0v) is 15.8. The van der Waals surface area contributed by atoms with Crippen LogP contribution in [-0.4, -0.2) is 75.9 Å². The van der Waals surface area contributed by atoms with Crippen LogP contribution in [0.4, 0.5) is 0 Å². The van der Waals surface area contributed by atoms with Gasteiger partial charge in [-0.3, -0.25) is 9.69 Å². The van der Waals surface area contributed by atoms with Crippen molar-refractivity contribution in [3.8, 4) is 0 Å². The summed E-state index contributed by atoms with van der Waals surface area (Å²) in [4.78, 5) is 21.3. The SMILES string of the molecule is CC[C@@H]1CN(C(=O)CN2CCC[C@H](Cn3nc(C)nc3C)C2)CCO1. The number of piperidine rings is 1. The first-order valence-electron chi connectivity index (χ1n) is 9.55. The Morgan fingerprint density at radius 2 is 2.12 bits per heavy atom. The summed E-state index contributed by atoms with van der Waals surface area (Å²) in [6.07, 6.45) is 3.50. The Hall–Kier alpha value is -1.47. The molecule has 1 aromatic heterocycles. The first-order chi connectivity index (χ1) is 12.0. The zero-order chi connectivity index (χ0) is 17.8. The maximum Gasteiger partial charge on any atom is 0.236 e. The van der Waals surface area contributed by atoms with Crippen LogP contribution in [0.3, 0.4) is 0 Å². The minimum absolute atomic E-state index is 0.199. The lowest BCUT2D eigenvalue weighted by Gasteiger charge is -2.36. The Morgan fingerprint density at radius 1 is 1.28 bits per heavy atom. The minimum Gasteiger partial charge on any atom is -0.375 e. The molecule has 25 heavy (non-hydrogen) atoms. The highest BCUT2D eigenvalue weighted by Crippen LogP contribution is 2.19. The number of nitrogens with zero attached hydrogens (tertiary/aromatic N) is 5. The van der Waals surface area contributed by atoms with Crippen molar-refractivity contribution in [2.24, 2.45) is 5.92 Å². The molecular weight excluding hydrogens is 318 g/mol. The number of rotatable bonds is 5. The van der Waals surface area contributed by atoms with Crippen molar-refractivity contribution >= 4 is 5.91 Å². The van der Waals surface area contributed by atoms with E-state index in [1.54, 1.807) is 0 Å². The Balaban J connectivity index is 1.51. The van der Waals surface area contributed by atoms with Crippen LogP contribution in [0.25, 0.3) is 0 Å². The summed E-state index contributed by atoms with van der Waals surface area (Å²) < 4.78 is 7.68. The molecule has 3 heterocycles. The third-order valence-corrected chi connectivity index (χ3v) is 5.30. The van der Waals surface area contributed by atoms with Gasteiger partial charge in [0.2, 0.25) is 5.91 Å². The summed E-state index contributed by atoms with van der Waals surface area (Å²) in [7, 11) is 0. The van der Waals surface area contributed by atoms with Crippen LogP contribution in [0.5, 0.6) is 0 Å². The molecule has 0 bridgehead atoms. The highest BCUT2D eigenvalue weighted by atomic mass is 16.5. The fourth-order valence-electron chi connectivity index (χ4n) is 3.91. The predicted molar refractivity (Wildman–Crippen MR) is 95.3 cm³/mol. The predicted octanol–water partition coefficient (Wildman–Crippen LogP) is 1.24. The molecule has 0 radical (unpaired) electrons. The highest BCUT2D eigenvalue weighted by Gasteiger charge is 2.27. The number of aromatic nitrogens is 3. The summed E-state index contributed by atoms with van der Waals surface area (Å²) in [5.74, 6) is 2.59. The van der Waals surface area contributed by atoms with E-state index in [2.05, 4.69) is 21.9 Å². The molecular formula is C18H31N5O2. The van der Waals surface area contributed by atoms with Crippen molar-refractivity contribution in [1.29, 1.82) is 0 Å². The molecule has 0 unspecified atom stereocenters. The molecule has 7 nitrogen and oxygen atoms in total. The second-order valence-corrected chi connectivity index (χ2v) is 7.37. The van der Waals surface area contributed by atoms with Crippen LogP contribution in [0, 0.1) is 19.8 Å². The molecule has 2 saturated heterocycles. The van der Waals surface area contributed by atoms with E-state index in [4.69, 9.17) is 4.74 Å². The van der Waals surface area contributed by atoms with Gasteiger partial charge in [0.1, 0.15) is 11.6 Å². The Labute approximate surface area is 150 Å². The lowest BCUT2D eigenvalue weighted by molar-refractivity contribution is -0.140. The molecule has 3 rings (SSSR count). The smallest absolute Gasteiger partial charge is 0.236 e. The quantitative estimate of drug-likeness (QED) is 0.800. The average molecular weight is 349 g/mol. The summed E-state index contributed by atoms with van der Waals surface area (Å²) in [5, 5.41) is 4.48. The van der Waals surface area contributed by atoms with Gasteiger partial charge in [0.25, 0.3) is 0 Å². The first kappa shape index (κ1) is 18.3. The van der Waals surface area contributed by atoms with E-state index in [-0.39, 0.29) is 12.0 Å². The topological polar surface area (TPSA) is 63.5 Å². The second kappa shape index (κ2) is 8.27. The fraction of sp³-hybridized carbons (Fsp3) is 0.833. The van der Waals surface area contributed by atoms with E-state index in [0.29, 0.717) is 19.1 Å². The number of morpholine rings is 1. The number of ether oxygens (including phenoxy) is 1. The number of carbonyl (C=O) groups excluding carboxylic acids is 1. The zero-order valence-electron chi connectivity index (χ0n) is 15.8. The molecule has 0 aromatic carbocycles. The monoisotopic (exact) mass is 349 g/mol. The van der Waals surface area contributed by atoms with Crippen LogP contribution in [-0.2, 0) is 16.1 Å². The van der Waals surface area contributed by atoms with Gasteiger partial charge in [-0.25, -0.2) is 9.67 Å². The number of likely N-dealkylation sites (tertiary alicyclic amines) is 1. The van der Waals surface area contributed by atoms with Gasteiger partial charge < -0.3 is 9.64 Å². The molecule has 2 aliphatic rings. The number of hydrogen-bond donors (Lipinski definition) is 0. The molecule has 0 N–H and O–H groups in total. The molecule has 0 spiro atoms. The fourth-order valence-corrected chi connectivity index (χ4v) is 3.91. The average Bonchev–Trinajstić information content (AvgIpc) is 2.92.